The quantitative estimate of drug-likeness (QED) is 0.160. The Labute approximate surface area is 251 Å². The number of imidazole rings is 1. The SMILES string of the molecule is O=C(O)Nc1ccc(-c2cc(C(Cc3ccccc3)NC(=O)C=Cc3cc(Cl)ccc3-n3ccnc3)c(Cl)nn2)cc1. The van der Waals surface area contributed by atoms with Crippen molar-refractivity contribution in [1.82, 2.24) is 25.1 Å². The van der Waals surface area contributed by atoms with Crippen molar-refractivity contribution >= 4 is 47.0 Å². The summed E-state index contributed by atoms with van der Waals surface area (Å²) < 4.78 is 1.83. The second-order valence-corrected chi connectivity index (χ2v) is 10.0. The van der Waals surface area contributed by atoms with Crippen molar-refractivity contribution in [2.45, 2.75) is 12.5 Å². The fourth-order valence-electron chi connectivity index (χ4n) is 4.39. The van der Waals surface area contributed by atoms with Gasteiger partial charge in [-0.25, -0.2) is 9.78 Å². The van der Waals surface area contributed by atoms with Gasteiger partial charge in [-0.2, -0.15) is 0 Å². The molecule has 5 rings (SSSR count). The number of carbonyl (C=O) groups excluding carboxylic acids is 1. The minimum atomic E-state index is -1.15. The minimum Gasteiger partial charge on any atom is -0.465 e. The van der Waals surface area contributed by atoms with Crippen LogP contribution in [0.25, 0.3) is 23.0 Å². The van der Waals surface area contributed by atoms with Crippen LogP contribution in [0.3, 0.4) is 0 Å². The van der Waals surface area contributed by atoms with Crippen LogP contribution in [0, 0.1) is 0 Å². The van der Waals surface area contributed by atoms with E-state index in [2.05, 4.69) is 25.8 Å². The zero-order valence-electron chi connectivity index (χ0n) is 22.0. The summed E-state index contributed by atoms with van der Waals surface area (Å²) in [5.41, 5.74) is 4.77. The molecule has 1 unspecified atom stereocenters. The Morgan fingerprint density at radius 2 is 1.76 bits per heavy atom. The topological polar surface area (TPSA) is 122 Å². The molecular formula is C31H24Cl2N6O3. The van der Waals surface area contributed by atoms with Gasteiger partial charge in [0, 0.05) is 45.9 Å². The first kappa shape index (κ1) is 28.5. The molecule has 210 valence electrons. The average molecular weight is 599 g/mol. The van der Waals surface area contributed by atoms with Crippen LogP contribution in [0.5, 0.6) is 0 Å². The molecule has 11 heteroatoms. The summed E-state index contributed by atoms with van der Waals surface area (Å²) in [6.07, 6.45) is 7.58. The molecule has 0 spiro atoms. The lowest BCUT2D eigenvalue weighted by Gasteiger charge is -2.20. The molecule has 0 radical (unpaired) electrons. The summed E-state index contributed by atoms with van der Waals surface area (Å²) in [4.78, 5) is 28.3. The first-order chi connectivity index (χ1) is 20.4. The van der Waals surface area contributed by atoms with E-state index in [9.17, 15) is 9.59 Å². The number of benzene rings is 3. The van der Waals surface area contributed by atoms with Crippen LogP contribution < -0.4 is 10.6 Å². The van der Waals surface area contributed by atoms with Crippen LogP contribution in [0.4, 0.5) is 10.5 Å². The summed E-state index contributed by atoms with van der Waals surface area (Å²) >= 11 is 12.8. The fourth-order valence-corrected chi connectivity index (χ4v) is 4.80. The number of halogens is 2. The Hall–Kier alpha value is -4.99. The van der Waals surface area contributed by atoms with Gasteiger partial charge in [0.2, 0.25) is 5.91 Å². The Kier molecular flexibility index (Phi) is 8.91. The molecule has 42 heavy (non-hydrogen) atoms. The van der Waals surface area contributed by atoms with Gasteiger partial charge in [-0.05, 0) is 54.5 Å². The molecular weight excluding hydrogens is 575 g/mol. The largest absolute Gasteiger partial charge is 0.465 e. The number of carbonyl (C=O) groups is 2. The average Bonchev–Trinajstić information content (AvgIpc) is 3.52. The standard InChI is InChI=1S/C31H24Cl2N6O3/c32-23-9-12-28(39-15-14-34-19-39)22(17-23)8-13-29(40)36-27(16-20-4-2-1-3-5-20)25-18-26(37-38-30(25)33)21-6-10-24(11-7-21)35-31(41)42/h1-15,17-19,27,35H,16H2,(H,36,40)(H,41,42). The molecule has 0 bridgehead atoms. The highest BCUT2D eigenvalue weighted by Crippen LogP contribution is 2.29. The minimum absolute atomic E-state index is 0.158. The molecule has 9 nitrogen and oxygen atoms in total. The highest BCUT2D eigenvalue weighted by atomic mass is 35.5. The third-order valence-corrected chi connectivity index (χ3v) is 6.90. The van der Waals surface area contributed by atoms with Crippen molar-refractivity contribution < 1.29 is 14.7 Å². The Morgan fingerprint density at radius 3 is 2.48 bits per heavy atom. The van der Waals surface area contributed by atoms with E-state index in [4.69, 9.17) is 28.3 Å². The van der Waals surface area contributed by atoms with E-state index in [1.165, 1.54) is 6.08 Å². The monoisotopic (exact) mass is 598 g/mol. The maximum absolute atomic E-state index is 13.3. The van der Waals surface area contributed by atoms with Gasteiger partial charge in [0.15, 0.2) is 5.15 Å². The van der Waals surface area contributed by atoms with E-state index in [1.54, 1.807) is 61.1 Å². The highest BCUT2D eigenvalue weighted by Gasteiger charge is 2.20. The summed E-state index contributed by atoms with van der Waals surface area (Å²) in [5.74, 6) is -0.342. The number of rotatable bonds is 9. The van der Waals surface area contributed by atoms with Crippen LogP contribution in [0.1, 0.15) is 22.7 Å². The van der Waals surface area contributed by atoms with E-state index >= 15 is 0 Å². The second kappa shape index (κ2) is 13.1. The lowest BCUT2D eigenvalue weighted by Crippen LogP contribution is -2.29. The van der Waals surface area contributed by atoms with E-state index in [0.29, 0.717) is 34.0 Å². The summed E-state index contributed by atoms with van der Waals surface area (Å²) in [5, 5.41) is 23.4. The van der Waals surface area contributed by atoms with Gasteiger partial charge < -0.3 is 15.0 Å². The molecule has 0 saturated carbocycles. The van der Waals surface area contributed by atoms with Crippen LogP contribution in [0.15, 0.2) is 104 Å². The number of amides is 2. The maximum Gasteiger partial charge on any atom is 0.409 e. The lowest BCUT2D eigenvalue weighted by molar-refractivity contribution is -0.117. The lowest BCUT2D eigenvalue weighted by atomic mass is 9.98. The number of aromatic nitrogens is 4. The predicted octanol–water partition coefficient (Wildman–Crippen LogP) is 6.84. The molecule has 2 aromatic heterocycles. The van der Waals surface area contributed by atoms with Crippen molar-refractivity contribution in [1.29, 1.82) is 0 Å². The Balaban J connectivity index is 1.43. The fraction of sp³-hybridized carbons (Fsp3) is 0.0645. The van der Waals surface area contributed by atoms with Gasteiger partial charge >= 0.3 is 6.09 Å². The van der Waals surface area contributed by atoms with Crippen LogP contribution >= 0.6 is 23.2 Å². The zero-order chi connectivity index (χ0) is 29.5. The van der Waals surface area contributed by atoms with Crippen molar-refractivity contribution in [3.8, 4) is 16.9 Å². The van der Waals surface area contributed by atoms with Crippen LogP contribution in [0.2, 0.25) is 10.2 Å². The summed E-state index contributed by atoms with van der Waals surface area (Å²) in [6.45, 7) is 0. The molecule has 0 aliphatic heterocycles. The molecule has 3 N–H and O–H groups in total. The van der Waals surface area contributed by atoms with Gasteiger partial charge in [-0.1, -0.05) is 65.7 Å². The first-order valence-electron chi connectivity index (χ1n) is 12.8. The summed E-state index contributed by atoms with van der Waals surface area (Å²) in [7, 11) is 0. The third kappa shape index (κ3) is 7.20. The van der Waals surface area contributed by atoms with E-state index < -0.39 is 12.1 Å². The Bertz CT molecular complexity index is 1730. The van der Waals surface area contributed by atoms with E-state index in [-0.39, 0.29) is 11.1 Å². The van der Waals surface area contributed by atoms with Crippen molar-refractivity contribution in [3.05, 3.63) is 131 Å². The van der Waals surface area contributed by atoms with Crippen molar-refractivity contribution in [2.24, 2.45) is 0 Å². The van der Waals surface area contributed by atoms with Gasteiger partial charge in [0.1, 0.15) is 0 Å². The molecule has 0 fully saturated rings. The van der Waals surface area contributed by atoms with E-state index in [0.717, 1.165) is 16.8 Å². The molecule has 1 atom stereocenters. The molecule has 5 aromatic rings. The number of hydrogen-bond donors (Lipinski definition) is 3. The van der Waals surface area contributed by atoms with Gasteiger partial charge in [0.25, 0.3) is 0 Å². The predicted molar refractivity (Wildman–Crippen MR) is 163 cm³/mol. The number of anilines is 1. The maximum atomic E-state index is 13.3. The van der Waals surface area contributed by atoms with E-state index in [1.807, 2.05) is 47.2 Å². The zero-order valence-corrected chi connectivity index (χ0v) is 23.5. The van der Waals surface area contributed by atoms with Gasteiger partial charge in [-0.3, -0.25) is 10.1 Å². The normalized spacial score (nSPS) is 11.8. The number of nitrogens with zero attached hydrogens (tertiary/aromatic N) is 4. The number of carboxylic acid groups (broad SMARTS) is 1. The summed E-state index contributed by atoms with van der Waals surface area (Å²) in [6, 6.07) is 23.1. The number of nitrogens with one attached hydrogen (secondary N) is 2. The van der Waals surface area contributed by atoms with Crippen molar-refractivity contribution in [3.63, 3.8) is 0 Å². The highest BCUT2D eigenvalue weighted by molar-refractivity contribution is 6.31. The Morgan fingerprint density at radius 1 is 0.976 bits per heavy atom. The van der Waals surface area contributed by atoms with Gasteiger partial charge in [0.05, 0.1) is 23.8 Å². The van der Waals surface area contributed by atoms with Gasteiger partial charge in [-0.15, -0.1) is 10.2 Å². The molecule has 0 aliphatic carbocycles. The van der Waals surface area contributed by atoms with Crippen LogP contribution in [-0.4, -0.2) is 36.9 Å². The molecule has 0 saturated heterocycles. The second-order valence-electron chi connectivity index (χ2n) is 9.24. The smallest absolute Gasteiger partial charge is 0.409 e. The molecule has 2 amide bonds. The van der Waals surface area contributed by atoms with Crippen molar-refractivity contribution in [2.75, 3.05) is 5.32 Å². The number of hydrogen-bond acceptors (Lipinski definition) is 5. The first-order valence-corrected chi connectivity index (χ1v) is 13.5. The molecule has 3 aromatic carbocycles. The molecule has 0 aliphatic rings. The van der Waals surface area contributed by atoms with Crippen LogP contribution in [-0.2, 0) is 11.2 Å². The third-order valence-electron chi connectivity index (χ3n) is 6.37. The molecule has 2 heterocycles.